The minimum absolute atomic E-state index is 0.135. The molecule has 2 aromatic carbocycles. The van der Waals surface area contributed by atoms with Gasteiger partial charge in [0, 0.05) is 31.2 Å². The Labute approximate surface area is 154 Å². The van der Waals surface area contributed by atoms with Gasteiger partial charge in [0.05, 0.1) is 0 Å². The Bertz CT molecular complexity index is 791. The lowest BCUT2D eigenvalue weighted by Gasteiger charge is -2.35. The molecule has 0 bridgehead atoms. The molecule has 136 valence electrons. The number of halogens is 1. The molecule has 1 aliphatic heterocycles. The number of nitrogens with one attached hydrogen (secondary N) is 1. The molecule has 1 fully saturated rings. The molecule has 0 radical (unpaired) electrons. The van der Waals surface area contributed by atoms with Gasteiger partial charge in [-0.15, -0.1) is 0 Å². The summed E-state index contributed by atoms with van der Waals surface area (Å²) in [7, 11) is 0. The molecule has 1 saturated heterocycles. The van der Waals surface area contributed by atoms with E-state index in [4.69, 9.17) is 0 Å². The third-order valence-corrected chi connectivity index (χ3v) is 5.65. The van der Waals surface area contributed by atoms with E-state index in [9.17, 15) is 9.18 Å². The van der Waals surface area contributed by atoms with E-state index in [0.717, 1.165) is 44.5 Å². The summed E-state index contributed by atoms with van der Waals surface area (Å²) in [6, 6.07) is 15.3. The highest BCUT2D eigenvalue weighted by molar-refractivity contribution is 5.77. The first-order valence-corrected chi connectivity index (χ1v) is 9.57. The minimum Gasteiger partial charge on any atom is -0.369 e. The fourth-order valence-electron chi connectivity index (χ4n) is 4.37. The van der Waals surface area contributed by atoms with Crippen LogP contribution in [0.3, 0.4) is 0 Å². The number of anilines is 1. The average Bonchev–Trinajstić information content (AvgIpc) is 3.05. The molecule has 4 heteroatoms. The number of carbonyl (C=O) groups is 1. The number of benzene rings is 2. The lowest BCUT2D eigenvalue weighted by atomic mass is 9.97. The van der Waals surface area contributed by atoms with Crippen molar-refractivity contribution in [3.8, 4) is 0 Å². The Balaban J connectivity index is 1.34. The molecule has 1 amide bonds. The maximum absolute atomic E-state index is 13.5. The van der Waals surface area contributed by atoms with Crippen LogP contribution in [0, 0.1) is 5.82 Å². The van der Waals surface area contributed by atoms with Gasteiger partial charge < -0.3 is 10.2 Å². The molecule has 26 heavy (non-hydrogen) atoms. The van der Waals surface area contributed by atoms with E-state index in [1.807, 2.05) is 6.07 Å². The zero-order chi connectivity index (χ0) is 17.9. The number of fused-ring (bicyclic) bond motifs is 1. The summed E-state index contributed by atoms with van der Waals surface area (Å²) in [6.07, 6.45) is 4.69. The molecule has 1 N–H and O–H groups in total. The van der Waals surface area contributed by atoms with Crippen molar-refractivity contribution in [1.29, 1.82) is 0 Å². The van der Waals surface area contributed by atoms with Crippen LogP contribution in [0.15, 0.2) is 48.5 Å². The van der Waals surface area contributed by atoms with Gasteiger partial charge >= 0.3 is 0 Å². The van der Waals surface area contributed by atoms with E-state index in [1.165, 1.54) is 17.2 Å². The van der Waals surface area contributed by atoms with Gasteiger partial charge in [-0.25, -0.2) is 4.39 Å². The van der Waals surface area contributed by atoms with Gasteiger partial charge in [-0.3, -0.25) is 4.79 Å². The minimum atomic E-state index is -0.214. The highest BCUT2D eigenvalue weighted by Crippen LogP contribution is 2.35. The first-order chi connectivity index (χ1) is 12.7. The van der Waals surface area contributed by atoms with E-state index >= 15 is 0 Å². The van der Waals surface area contributed by atoms with Crippen molar-refractivity contribution in [2.45, 2.75) is 44.1 Å². The van der Waals surface area contributed by atoms with Crippen molar-refractivity contribution >= 4 is 11.6 Å². The van der Waals surface area contributed by atoms with Crippen molar-refractivity contribution in [1.82, 2.24) is 5.32 Å². The van der Waals surface area contributed by atoms with Crippen LogP contribution in [0.1, 0.15) is 42.7 Å². The number of rotatable bonds is 4. The number of aryl methyl sites for hydroxylation is 1. The highest BCUT2D eigenvalue weighted by Gasteiger charge is 2.26. The summed E-state index contributed by atoms with van der Waals surface area (Å²) in [6.45, 7) is 1.66. The van der Waals surface area contributed by atoms with Crippen molar-refractivity contribution in [3.05, 3.63) is 65.5 Å². The molecule has 3 nitrogen and oxygen atoms in total. The van der Waals surface area contributed by atoms with Crippen LogP contribution in [-0.2, 0) is 11.2 Å². The van der Waals surface area contributed by atoms with Crippen molar-refractivity contribution in [2.75, 3.05) is 18.0 Å². The fourth-order valence-corrected chi connectivity index (χ4v) is 4.37. The van der Waals surface area contributed by atoms with Gasteiger partial charge in [0.2, 0.25) is 5.91 Å². The second kappa shape index (κ2) is 7.48. The molecule has 1 aliphatic carbocycles. The van der Waals surface area contributed by atoms with Crippen molar-refractivity contribution in [3.63, 3.8) is 0 Å². The molecule has 4 rings (SSSR count). The molecule has 1 heterocycles. The van der Waals surface area contributed by atoms with E-state index in [-0.39, 0.29) is 17.8 Å². The Morgan fingerprint density at radius 3 is 2.92 bits per heavy atom. The predicted octanol–water partition coefficient (Wildman–Crippen LogP) is 4.03. The summed E-state index contributed by atoms with van der Waals surface area (Å²) in [5.74, 6) is 0.264. The number of hydrogen-bond donors (Lipinski definition) is 1. The van der Waals surface area contributed by atoms with Crippen LogP contribution in [0.2, 0.25) is 0 Å². The van der Waals surface area contributed by atoms with Gasteiger partial charge in [-0.2, -0.15) is 0 Å². The van der Waals surface area contributed by atoms with Gasteiger partial charge in [0.15, 0.2) is 0 Å². The topological polar surface area (TPSA) is 32.3 Å². The Morgan fingerprint density at radius 2 is 2.04 bits per heavy atom. The molecular weight excluding hydrogens is 327 g/mol. The number of nitrogens with zero attached hydrogens (tertiary/aromatic N) is 1. The van der Waals surface area contributed by atoms with Crippen LogP contribution in [0.4, 0.5) is 10.1 Å². The third-order valence-electron chi connectivity index (χ3n) is 5.65. The lowest BCUT2D eigenvalue weighted by Crippen LogP contribution is -2.48. The average molecular weight is 352 g/mol. The molecular formula is C22H25FN2O. The molecule has 0 aromatic heterocycles. The van der Waals surface area contributed by atoms with Gasteiger partial charge in [0.25, 0.3) is 0 Å². The van der Waals surface area contributed by atoms with Crippen LogP contribution in [0.25, 0.3) is 0 Å². The molecule has 2 aliphatic rings. The summed E-state index contributed by atoms with van der Waals surface area (Å²) in [5.41, 5.74) is 3.63. The zero-order valence-corrected chi connectivity index (χ0v) is 15.0. The summed E-state index contributed by atoms with van der Waals surface area (Å²) in [5, 5.41) is 3.22. The van der Waals surface area contributed by atoms with Crippen molar-refractivity contribution < 1.29 is 9.18 Å². The van der Waals surface area contributed by atoms with Crippen LogP contribution < -0.4 is 10.2 Å². The van der Waals surface area contributed by atoms with E-state index in [0.29, 0.717) is 12.3 Å². The largest absolute Gasteiger partial charge is 0.369 e. The molecule has 0 saturated carbocycles. The van der Waals surface area contributed by atoms with Gasteiger partial charge in [-0.05, 0) is 60.9 Å². The molecule has 2 aromatic rings. The number of hydrogen-bond acceptors (Lipinski definition) is 2. The standard InChI is InChI=1S/C22H25FN2O/c23-18-6-3-8-20(14-18)25-12-4-7-19(15-25)24-22(26)13-17-11-10-16-5-1-2-9-21(16)17/h1-3,5-6,8-9,14,17,19H,4,7,10-13,15H2,(H,24,26). The Hall–Kier alpha value is -2.36. The Kier molecular flexibility index (Phi) is 4.91. The highest BCUT2D eigenvalue weighted by atomic mass is 19.1. The van der Waals surface area contributed by atoms with Gasteiger partial charge in [-0.1, -0.05) is 30.3 Å². The zero-order valence-electron chi connectivity index (χ0n) is 15.0. The quantitative estimate of drug-likeness (QED) is 0.901. The second-order valence-electron chi connectivity index (χ2n) is 7.47. The van der Waals surface area contributed by atoms with Crippen LogP contribution in [-0.4, -0.2) is 25.0 Å². The number of amides is 1. The smallest absolute Gasteiger partial charge is 0.220 e. The third kappa shape index (κ3) is 3.74. The Morgan fingerprint density at radius 1 is 1.15 bits per heavy atom. The SMILES string of the molecule is O=C(CC1CCc2ccccc21)NC1CCCN(c2cccc(F)c2)C1. The maximum Gasteiger partial charge on any atom is 0.220 e. The monoisotopic (exact) mass is 352 g/mol. The number of piperidine rings is 1. The van der Waals surface area contributed by atoms with Crippen LogP contribution in [0.5, 0.6) is 0 Å². The van der Waals surface area contributed by atoms with E-state index < -0.39 is 0 Å². The second-order valence-corrected chi connectivity index (χ2v) is 7.47. The summed E-state index contributed by atoms with van der Waals surface area (Å²) in [4.78, 5) is 14.8. The predicted molar refractivity (Wildman–Crippen MR) is 102 cm³/mol. The molecule has 2 unspecified atom stereocenters. The first-order valence-electron chi connectivity index (χ1n) is 9.57. The number of carbonyl (C=O) groups excluding carboxylic acids is 1. The normalized spacial score (nSPS) is 22.1. The van der Waals surface area contributed by atoms with Crippen LogP contribution >= 0.6 is 0 Å². The summed E-state index contributed by atoms with van der Waals surface area (Å²) < 4.78 is 13.5. The molecule has 2 atom stereocenters. The van der Waals surface area contributed by atoms with E-state index in [1.54, 1.807) is 12.1 Å². The first kappa shape index (κ1) is 17.1. The van der Waals surface area contributed by atoms with Gasteiger partial charge in [0.1, 0.15) is 5.82 Å². The summed E-state index contributed by atoms with van der Waals surface area (Å²) >= 11 is 0. The fraction of sp³-hybridized carbons (Fsp3) is 0.409. The molecule has 0 spiro atoms. The lowest BCUT2D eigenvalue weighted by molar-refractivity contribution is -0.122. The van der Waals surface area contributed by atoms with Crippen molar-refractivity contribution in [2.24, 2.45) is 0 Å². The maximum atomic E-state index is 13.5. The van der Waals surface area contributed by atoms with E-state index in [2.05, 4.69) is 34.5 Å².